The fourth-order valence-electron chi connectivity index (χ4n) is 1.43. The number of ether oxygens (including phenoxy) is 1. The summed E-state index contributed by atoms with van der Waals surface area (Å²) in [5, 5.41) is 0. The maximum Gasteiger partial charge on any atom is 0.339 e. The fourth-order valence-corrected chi connectivity index (χ4v) is 2.29. The highest BCUT2D eigenvalue weighted by atomic mass is 31.2. The lowest BCUT2D eigenvalue weighted by Gasteiger charge is -2.16. The predicted octanol–water partition coefficient (Wildman–Crippen LogP) is 2.07. The summed E-state index contributed by atoms with van der Waals surface area (Å²) in [7, 11) is -4.38. The standard InChI is InChI=1S/C10H21O5P/c1-3-5-6-7-8-9(16(12,13)14)10(11)15-4-2/h9H,3-8H2,1-2H3,(H2,12,13,14). The molecule has 0 bridgehead atoms. The molecule has 0 aliphatic heterocycles. The molecule has 0 amide bonds. The van der Waals surface area contributed by atoms with Crippen LogP contribution in [0.3, 0.4) is 0 Å². The zero-order valence-electron chi connectivity index (χ0n) is 9.89. The van der Waals surface area contributed by atoms with Crippen LogP contribution in [0.25, 0.3) is 0 Å². The second-order valence-corrected chi connectivity index (χ2v) is 5.51. The minimum Gasteiger partial charge on any atom is -0.465 e. The van der Waals surface area contributed by atoms with E-state index in [9.17, 15) is 9.36 Å². The molecule has 0 radical (unpaired) electrons. The molecule has 0 aromatic heterocycles. The van der Waals surface area contributed by atoms with Gasteiger partial charge in [0.15, 0.2) is 5.66 Å². The van der Waals surface area contributed by atoms with E-state index >= 15 is 0 Å². The summed E-state index contributed by atoms with van der Waals surface area (Å²) in [6, 6.07) is 0. The zero-order chi connectivity index (χ0) is 12.6. The van der Waals surface area contributed by atoms with Crippen LogP contribution in [0.15, 0.2) is 0 Å². The van der Waals surface area contributed by atoms with E-state index in [1.54, 1.807) is 6.92 Å². The zero-order valence-corrected chi connectivity index (χ0v) is 10.8. The van der Waals surface area contributed by atoms with Gasteiger partial charge in [-0.15, -0.1) is 0 Å². The number of esters is 1. The van der Waals surface area contributed by atoms with Crippen LogP contribution in [0, 0.1) is 0 Å². The van der Waals surface area contributed by atoms with Crippen molar-refractivity contribution in [2.45, 2.75) is 51.6 Å². The lowest BCUT2D eigenvalue weighted by atomic mass is 10.1. The van der Waals surface area contributed by atoms with Gasteiger partial charge in [0.1, 0.15) is 0 Å². The third-order valence-electron chi connectivity index (χ3n) is 2.30. The number of carbonyl (C=O) groups excluding carboxylic acids is 1. The molecule has 0 rings (SSSR count). The molecule has 16 heavy (non-hydrogen) atoms. The van der Waals surface area contributed by atoms with Crippen LogP contribution in [-0.2, 0) is 14.1 Å². The van der Waals surface area contributed by atoms with Gasteiger partial charge in [-0.3, -0.25) is 9.36 Å². The highest BCUT2D eigenvalue weighted by Crippen LogP contribution is 2.44. The lowest BCUT2D eigenvalue weighted by molar-refractivity contribution is -0.143. The van der Waals surface area contributed by atoms with Gasteiger partial charge >= 0.3 is 13.6 Å². The molecule has 0 spiro atoms. The van der Waals surface area contributed by atoms with Gasteiger partial charge in [-0.2, -0.15) is 0 Å². The summed E-state index contributed by atoms with van der Waals surface area (Å²) in [4.78, 5) is 29.4. The van der Waals surface area contributed by atoms with Crippen molar-refractivity contribution in [1.29, 1.82) is 0 Å². The Hall–Kier alpha value is -0.380. The summed E-state index contributed by atoms with van der Waals surface area (Å²) in [6.07, 6.45) is 3.77. The first-order valence-electron chi connectivity index (χ1n) is 5.65. The normalized spacial score (nSPS) is 13.5. The van der Waals surface area contributed by atoms with Crippen LogP contribution in [0.2, 0.25) is 0 Å². The summed E-state index contributed by atoms with van der Waals surface area (Å²) < 4.78 is 15.8. The average molecular weight is 252 g/mol. The molecule has 0 aromatic carbocycles. The van der Waals surface area contributed by atoms with Gasteiger partial charge in [0.05, 0.1) is 6.61 Å². The van der Waals surface area contributed by atoms with Crippen molar-refractivity contribution in [3.8, 4) is 0 Å². The maximum absolute atomic E-state index is 11.3. The lowest BCUT2D eigenvalue weighted by Crippen LogP contribution is -2.23. The van der Waals surface area contributed by atoms with Crippen LogP contribution < -0.4 is 0 Å². The van der Waals surface area contributed by atoms with Crippen molar-refractivity contribution in [2.24, 2.45) is 0 Å². The number of rotatable bonds is 8. The molecule has 5 nitrogen and oxygen atoms in total. The summed E-state index contributed by atoms with van der Waals surface area (Å²) >= 11 is 0. The van der Waals surface area contributed by atoms with E-state index in [0.717, 1.165) is 19.3 Å². The van der Waals surface area contributed by atoms with Crippen LogP contribution in [0.5, 0.6) is 0 Å². The Balaban J connectivity index is 4.23. The molecule has 0 aliphatic rings. The molecule has 0 aromatic rings. The third kappa shape index (κ3) is 6.26. The third-order valence-corrected chi connectivity index (χ3v) is 3.58. The van der Waals surface area contributed by atoms with Crippen LogP contribution >= 0.6 is 7.60 Å². The highest BCUT2D eigenvalue weighted by Gasteiger charge is 2.36. The van der Waals surface area contributed by atoms with Gasteiger partial charge in [0.2, 0.25) is 0 Å². The number of hydrogen-bond acceptors (Lipinski definition) is 3. The van der Waals surface area contributed by atoms with Crippen LogP contribution in [0.4, 0.5) is 0 Å². The SMILES string of the molecule is CCCCCCC(C(=O)OCC)P(=O)(O)O. The molecule has 0 saturated heterocycles. The van der Waals surface area contributed by atoms with E-state index in [1.807, 2.05) is 6.92 Å². The van der Waals surface area contributed by atoms with Gasteiger partial charge < -0.3 is 14.5 Å². The minimum atomic E-state index is -4.38. The van der Waals surface area contributed by atoms with Crippen molar-refractivity contribution < 1.29 is 23.9 Å². The van der Waals surface area contributed by atoms with Crippen molar-refractivity contribution in [3.63, 3.8) is 0 Å². The quantitative estimate of drug-likeness (QED) is 0.392. The molecule has 0 saturated carbocycles. The van der Waals surface area contributed by atoms with E-state index in [1.165, 1.54) is 0 Å². The largest absolute Gasteiger partial charge is 0.465 e. The molecule has 96 valence electrons. The van der Waals surface area contributed by atoms with Crippen molar-refractivity contribution >= 4 is 13.6 Å². The van der Waals surface area contributed by atoms with Gasteiger partial charge in [-0.25, -0.2) is 0 Å². The summed E-state index contributed by atoms with van der Waals surface area (Å²) in [5.74, 6) is -0.785. The van der Waals surface area contributed by atoms with E-state index in [-0.39, 0.29) is 13.0 Å². The van der Waals surface area contributed by atoms with E-state index in [0.29, 0.717) is 6.42 Å². The molecule has 0 fully saturated rings. The maximum atomic E-state index is 11.3. The second kappa shape index (κ2) is 7.82. The molecule has 1 unspecified atom stereocenters. The molecule has 0 heterocycles. The Morgan fingerprint density at radius 3 is 2.31 bits per heavy atom. The summed E-state index contributed by atoms with van der Waals surface area (Å²) in [6.45, 7) is 3.81. The average Bonchev–Trinajstić information content (AvgIpc) is 2.16. The van der Waals surface area contributed by atoms with Crippen molar-refractivity contribution in [2.75, 3.05) is 6.61 Å². The smallest absolute Gasteiger partial charge is 0.339 e. The van der Waals surface area contributed by atoms with Gasteiger partial charge in [-0.1, -0.05) is 32.6 Å². The number of hydrogen-bond donors (Lipinski definition) is 2. The fraction of sp³-hybridized carbons (Fsp3) is 0.900. The molecule has 6 heteroatoms. The molecular formula is C10H21O5P. The minimum absolute atomic E-state index is 0.143. The number of carbonyl (C=O) groups is 1. The van der Waals surface area contributed by atoms with E-state index in [4.69, 9.17) is 9.79 Å². The Morgan fingerprint density at radius 1 is 1.25 bits per heavy atom. The van der Waals surface area contributed by atoms with Crippen molar-refractivity contribution in [3.05, 3.63) is 0 Å². The van der Waals surface area contributed by atoms with Gasteiger partial charge in [-0.05, 0) is 13.3 Å². The Bertz CT molecular complexity index is 248. The van der Waals surface area contributed by atoms with Crippen molar-refractivity contribution in [1.82, 2.24) is 0 Å². The van der Waals surface area contributed by atoms with Gasteiger partial charge in [0.25, 0.3) is 0 Å². The van der Waals surface area contributed by atoms with E-state index in [2.05, 4.69) is 4.74 Å². The highest BCUT2D eigenvalue weighted by molar-refractivity contribution is 7.53. The van der Waals surface area contributed by atoms with E-state index < -0.39 is 19.2 Å². The first-order valence-corrected chi connectivity index (χ1v) is 7.33. The second-order valence-electron chi connectivity index (χ2n) is 3.71. The molecule has 0 aliphatic carbocycles. The Labute approximate surface area is 96.4 Å². The topological polar surface area (TPSA) is 83.8 Å². The monoisotopic (exact) mass is 252 g/mol. The Morgan fingerprint density at radius 2 is 1.88 bits per heavy atom. The first-order chi connectivity index (χ1) is 7.43. The molecular weight excluding hydrogens is 231 g/mol. The Kier molecular flexibility index (Phi) is 7.64. The predicted molar refractivity (Wildman–Crippen MR) is 61.2 cm³/mol. The van der Waals surface area contributed by atoms with Crippen LogP contribution in [0.1, 0.15) is 46.0 Å². The summed E-state index contributed by atoms with van der Waals surface area (Å²) in [5.41, 5.74) is -1.29. The first kappa shape index (κ1) is 15.6. The van der Waals surface area contributed by atoms with Crippen LogP contribution in [-0.4, -0.2) is 28.0 Å². The molecule has 1 atom stereocenters. The number of unbranched alkanes of at least 4 members (excludes halogenated alkanes) is 3. The molecule has 2 N–H and O–H groups in total. The van der Waals surface area contributed by atoms with Gasteiger partial charge in [0, 0.05) is 0 Å².